The Labute approximate surface area is 165 Å². The number of carboxylic acids is 1. The molecule has 0 aromatic heterocycles. The molecule has 0 spiro atoms. The van der Waals surface area contributed by atoms with E-state index in [1.54, 1.807) is 13.8 Å². The monoisotopic (exact) mass is 390 g/mol. The number of urea groups is 1. The lowest BCUT2D eigenvalue weighted by Gasteiger charge is -2.22. The van der Waals surface area contributed by atoms with Crippen LogP contribution in [0.3, 0.4) is 0 Å². The van der Waals surface area contributed by atoms with Gasteiger partial charge in [0.1, 0.15) is 0 Å². The molecule has 2 rings (SSSR count). The average molecular weight is 390 g/mol. The summed E-state index contributed by atoms with van der Waals surface area (Å²) in [5.41, 5.74) is 1.84. The van der Waals surface area contributed by atoms with Gasteiger partial charge in [0.05, 0.1) is 5.92 Å². The maximum atomic E-state index is 12.3. The van der Waals surface area contributed by atoms with Crippen molar-refractivity contribution in [3.63, 3.8) is 0 Å². The summed E-state index contributed by atoms with van der Waals surface area (Å²) >= 11 is 0. The van der Waals surface area contributed by atoms with Crippen molar-refractivity contribution < 1.29 is 19.5 Å². The largest absolute Gasteiger partial charge is 0.481 e. The number of benzene rings is 1. The number of rotatable bonds is 8. The van der Waals surface area contributed by atoms with E-state index in [0.717, 1.165) is 24.5 Å². The Morgan fingerprint density at radius 3 is 2.54 bits per heavy atom. The number of hydrogen-bond acceptors (Lipinski definition) is 4. The number of carbonyl (C=O) groups is 3. The summed E-state index contributed by atoms with van der Waals surface area (Å²) in [6, 6.07) is 7.00. The summed E-state index contributed by atoms with van der Waals surface area (Å²) in [6.45, 7) is 5.46. The smallest absolute Gasteiger partial charge is 0.317 e. The molecular formula is C20H30N4O4. The Kier molecular flexibility index (Phi) is 7.66. The molecule has 1 aromatic carbocycles. The molecule has 3 amide bonds. The molecule has 1 aliphatic heterocycles. The van der Waals surface area contributed by atoms with Crippen LogP contribution in [0.2, 0.25) is 0 Å². The van der Waals surface area contributed by atoms with E-state index in [4.69, 9.17) is 5.11 Å². The van der Waals surface area contributed by atoms with Crippen molar-refractivity contribution in [1.82, 2.24) is 10.2 Å². The predicted molar refractivity (Wildman–Crippen MR) is 109 cm³/mol. The third-order valence-corrected chi connectivity index (χ3v) is 4.78. The normalized spacial score (nSPS) is 15.6. The highest BCUT2D eigenvalue weighted by Crippen LogP contribution is 2.23. The molecule has 2 unspecified atom stereocenters. The van der Waals surface area contributed by atoms with Crippen LogP contribution in [0.15, 0.2) is 24.3 Å². The first-order valence-corrected chi connectivity index (χ1v) is 9.65. The summed E-state index contributed by atoms with van der Waals surface area (Å²) in [6.07, 6.45) is 2.50. The summed E-state index contributed by atoms with van der Waals surface area (Å²) < 4.78 is 0. The van der Waals surface area contributed by atoms with Crippen molar-refractivity contribution in [3.05, 3.63) is 24.3 Å². The van der Waals surface area contributed by atoms with Crippen LogP contribution in [-0.2, 0) is 9.59 Å². The van der Waals surface area contributed by atoms with Gasteiger partial charge in [-0.3, -0.25) is 9.59 Å². The van der Waals surface area contributed by atoms with E-state index in [1.165, 1.54) is 24.8 Å². The molecule has 1 aliphatic rings. The minimum Gasteiger partial charge on any atom is -0.481 e. The van der Waals surface area contributed by atoms with Crippen molar-refractivity contribution in [2.75, 3.05) is 36.9 Å². The molecular weight excluding hydrogens is 360 g/mol. The molecule has 0 bridgehead atoms. The van der Waals surface area contributed by atoms with Crippen molar-refractivity contribution >= 4 is 29.3 Å². The highest BCUT2D eigenvalue weighted by Gasteiger charge is 2.19. The van der Waals surface area contributed by atoms with Gasteiger partial charge >= 0.3 is 12.0 Å². The fourth-order valence-corrected chi connectivity index (χ4v) is 3.19. The molecule has 1 heterocycles. The van der Waals surface area contributed by atoms with Gasteiger partial charge in [-0.05, 0) is 38.0 Å². The standard InChI is InChI=1S/C20H30N4O4/c1-14(19(26)27)13-23(3)20(28)21-15(2)11-18(25)22-16-7-6-8-17(12-16)24-9-4-5-10-24/h6-8,12,14-15H,4-5,9-11,13H2,1-3H3,(H,21,28)(H,22,25)(H,26,27). The molecule has 1 aromatic rings. The van der Waals surface area contributed by atoms with E-state index in [1.807, 2.05) is 24.3 Å². The van der Waals surface area contributed by atoms with Gasteiger partial charge in [0.2, 0.25) is 5.91 Å². The van der Waals surface area contributed by atoms with Crippen molar-refractivity contribution in [3.8, 4) is 0 Å². The maximum Gasteiger partial charge on any atom is 0.317 e. The number of anilines is 2. The quantitative estimate of drug-likeness (QED) is 0.632. The van der Waals surface area contributed by atoms with Crippen molar-refractivity contribution in [1.29, 1.82) is 0 Å². The maximum absolute atomic E-state index is 12.3. The first-order valence-electron chi connectivity index (χ1n) is 9.65. The molecule has 1 fully saturated rings. The molecule has 8 nitrogen and oxygen atoms in total. The van der Waals surface area contributed by atoms with Crippen LogP contribution < -0.4 is 15.5 Å². The third-order valence-electron chi connectivity index (χ3n) is 4.78. The highest BCUT2D eigenvalue weighted by molar-refractivity contribution is 5.92. The molecule has 28 heavy (non-hydrogen) atoms. The lowest BCUT2D eigenvalue weighted by atomic mass is 10.2. The molecule has 0 radical (unpaired) electrons. The van der Waals surface area contributed by atoms with Crippen LogP contribution in [0.5, 0.6) is 0 Å². The van der Waals surface area contributed by atoms with Gasteiger partial charge in [-0.1, -0.05) is 13.0 Å². The number of nitrogens with one attached hydrogen (secondary N) is 2. The summed E-state index contributed by atoms with van der Waals surface area (Å²) in [5, 5.41) is 14.5. The van der Waals surface area contributed by atoms with E-state index in [-0.39, 0.29) is 24.9 Å². The van der Waals surface area contributed by atoms with Crippen LogP contribution in [-0.4, -0.2) is 60.6 Å². The van der Waals surface area contributed by atoms with E-state index < -0.39 is 17.9 Å². The van der Waals surface area contributed by atoms with E-state index in [9.17, 15) is 14.4 Å². The topological polar surface area (TPSA) is 102 Å². The Balaban J connectivity index is 1.81. The third kappa shape index (κ3) is 6.44. The van der Waals surface area contributed by atoms with E-state index >= 15 is 0 Å². The van der Waals surface area contributed by atoms with Crippen LogP contribution in [0.1, 0.15) is 33.1 Å². The Morgan fingerprint density at radius 2 is 1.89 bits per heavy atom. The van der Waals surface area contributed by atoms with Gasteiger partial charge in [0, 0.05) is 50.5 Å². The molecule has 154 valence electrons. The minimum atomic E-state index is -0.955. The van der Waals surface area contributed by atoms with Crippen molar-refractivity contribution in [2.24, 2.45) is 5.92 Å². The van der Waals surface area contributed by atoms with Gasteiger partial charge in [-0.2, -0.15) is 0 Å². The van der Waals surface area contributed by atoms with E-state index in [2.05, 4.69) is 15.5 Å². The van der Waals surface area contributed by atoms with E-state index in [0.29, 0.717) is 0 Å². The Hall–Kier alpha value is -2.77. The van der Waals surface area contributed by atoms with Gasteiger partial charge in [-0.15, -0.1) is 0 Å². The fraction of sp³-hybridized carbons (Fsp3) is 0.550. The average Bonchev–Trinajstić information content (AvgIpc) is 3.16. The predicted octanol–water partition coefficient (Wildman–Crippen LogP) is 2.37. The molecule has 1 saturated heterocycles. The van der Waals surface area contributed by atoms with Gasteiger partial charge in [0.15, 0.2) is 0 Å². The number of carbonyl (C=O) groups excluding carboxylic acids is 2. The highest BCUT2D eigenvalue weighted by atomic mass is 16.4. The number of hydrogen-bond donors (Lipinski definition) is 3. The zero-order valence-corrected chi connectivity index (χ0v) is 16.8. The Morgan fingerprint density at radius 1 is 1.21 bits per heavy atom. The van der Waals surface area contributed by atoms with Gasteiger partial charge < -0.3 is 25.5 Å². The van der Waals surface area contributed by atoms with Gasteiger partial charge in [-0.25, -0.2) is 4.79 Å². The molecule has 2 atom stereocenters. The molecule has 0 aliphatic carbocycles. The van der Waals surface area contributed by atoms with Crippen LogP contribution >= 0.6 is 0 Å². The lowest BCUT2D eigenvalue weighted by Crippen LogP contribution is -2.45. The Bertz CT molecular complexity index is 703. The van der Waals surface area contributed by atoms with Crippen LogP contribution in [0.4, 0.5) is 16.2 Å². The first-order chi connectivity index (χ1) is 13.3. The summed E-state index contributed by atoms with van der Waals surface area (Å²) in [4.78, 5) is 38.9. The second-order valence-electron chi connectivity index (χ2n) is 7.47. The molecule has 3 N–H and O–H groups in total. The zero-order valence-electron chi connectivity index (χ0n) is 16.8. The fourth-order valence-electron chi connectivity index (χ4n) is 3.19. The molecule has 8 heteroatoms. The molecule has 0 saturated carbocycles. The second kappa shape index (κ2) is 9.96. The number of aliphatic carboxylic acids is 1. The van der Waals surface area contributed by atoms with Crippen molar-refractivity contribution in [2.45, 2.75) is 39.2 Å². The second-order valence-corrected chi connectivity index (χ2v) is 7.47. The zero-order chi connectivity index (χ0) is 20.7. The first kappa shape index (κ1) is 21.5. The lowest BCUT2D eigenvalue weighted by molar-refractivity contribution is -0.141. The van der Waals surface area contributed by atoms with Gasteiger partial charge in [0.25, 0.3) is 0 Å². The number of nitrogens with zero attached hydrogens (tertiary/aromatic N) is 2. The summed E-state index contributed by atoms with van der Waals surface area (Å²) in [7, 11) is 1.53. The summed E-state index contributed by atoms with van der Waals surface area (Å²) in [5.74, 6) is -1.80. The SMILES string of the molecule is CC(CC(=O)Nc1cccc(N2CCCC2)c1)NC(=O)N(C)CC(C)C(=O)O. The van der Waals surface area contributed by atoms with Crippen LogP contribution in [0.25, 0.3) is 0 Å². The number of carboxylic acid groups (broad SMARTS) is 1. The number of amides is 3. The van der Waals surface area contributed by atoms with Crippen LogP contribution in [0, 0.1) is 5.92 Å². The minimum absolute atomic E-state index is 0.101.